The van der Waals surface area contributed by atoms with Crippen LogP contribution in [0.15, 0.2) is 0 Å². The molecule has 10 heavy (non-hydrogen) atoms. The van der Waals surface area contributed by atoms with E-state index in [1.54, 1.807) is 0 Å². The standard InChI is InChI=1S/C10H18/c1-7-4-5-8-6-9(7)10(8,2)3/h7-9H,4-6H2,1-3H3/t7?,8-,9+/m0/s1. The van der Waals surface area contributed by atoms with Crippen molar-refractivity contribution >= 4 is 0 Å². The minimum absolute atomic E-state index is 0.706. The Kier molecular flexibility index (Phi) is 1.19. The lowest BCUT2D eigenvalue weighted by molar-refractivity contribution is -0.0988. The molecular weight excluding hydrogens is 120 g/mol. The van der Waals surface area contributed by atoms with Crippen molar-refractivity contribution in [3.05, 3.63) is 0 Å². The van der Waals surface area contributed by atoms with Crippen LogP contribution in [0.5, 0.6) is 0 Å². The van der Waals surface area contributed by atoms with Gasteiger partial charge in [0.1, 0.15) is 0 Å². The van der Waals surface area contributed by atoms with Crippen molar-refractivity contribution in [3.8, 4) is 0 Å². The van der Waals surface area contributed by atoms with E-state index in [1.165, 1.54) is 19.3 Å². The summed E-state index contributed by atoms with van der Waals surface area (Å²) in [5, 5.41) is 0. The Labute approximate surface area is 64.0 Å². The molecule has 0 heteroatoms. The molecule has 0 aromatic carbocycles. The van der Waals surface area contributed by atoms with E-state index in [1.807, 2.05) is 0 Å². The monoisotopic (exact) mass is 138 g/mol. The minimum atomic E-state index is 0.706. The Morgan fingerprint density at radius 3 is 2.20 bits per heavy atom. The van der Waals surface area contributed by atoms with E-state index in [2.05, 4.69) is 20.8 Å². The van der Waals surface area contributed by atoms with Crippen molar-refractivity contribution in [1.82, 2.24) is 0 Å². The molecule has 0 saturated heterocycles. The molecule has 0 spiro atoms. The molecule has 0 amide bonds. The van der Waals surface area contributed by atoms with Gasteiger partial charge < -0.3 is 0 Å². The number of rotatable bonds is 0. The molecule has 0 aromatic rings. The fourth-order valence-corrected chi connectivity index (χ4v) is 3.18. The van der Waals surface area contributed by atoms with E-state index in [9.17, 15) is 0 Å². The first-order chi connectivity index (χ1) is 4.62. The highest BCUT2D eigenvalue weighted by Crippen LogP contribution is 2.61. The predicted octanol–water partition coefficient (Wildman–Crippen LogP) is 3.08. The highest BCUT2D eigenvalue weighted by atomic mass is 14.6. The van der Waals surface area contributed by atoms with Crippen LogP contribution in [-0.2, 0) is 0 Å². The van der Waals surface area contributed by atoms with E-state index in [0.29, 0.717) is 5.41 Å². The van der Waals surface area contributed by atoms with Crippen molar-refractivity contribution < 1.29 is 0 Å². The van der Waals surface area contributed by atoms with Gasteiger partial charge in [0, 0.05) is 0 Å². The van der Waals surface area contributed by atoms with Gasteiger partial charge in [0.05, 0.1) is 0 Å². The van der Waals surface area contributed by atoms with Crippen molar-refractivity contribution in [2.75, 3.05) is 0 Å². The Balaban J connectivity index is 2.16. The second-order valence-corrected chi connectivity index (χ2v) is 4.92. The van der Waals surface area contributed by atoms with Crippen LogP contribution in [-0.4, -0.2) is 0 Å². The van der Waals surface area contributed by atoms with Gasteiger partial charge in [0.15, 0.2) is 0 Å². The van der Waals surface area contributed by atoms with Crippen LogP contribution in [0.4, 0.5) is 0 Å². The molecule has 0 radical (unpaired) electrons. The zero-order valence-corrected chi connectivity index (χ0v) is 7.35. The number of fused-ring (bicyclic) bond motifs is 2. The fraction of sp³-hybridized carbons (Fsp3) is 1.00. The molecule has 58 valence electrons. The normalized spacial score (nSPS) is 50.1. The lowest BCUT2D eigenvalue weighted by atomic mass is 9.46. The minimum Gasteiger partial charge on any atom is -0.0622 e. The van der Waals surface area contributed by atoms with E-state index < -0.39 is 0 Å². The number of hydrogen-bond donors (Lipinski definition) is 0. The van der Waals surface area contributed by atoms with Crippen LogP contribution in [0.3, 0.4) is 0 Å². The second kappa shape index (κ2) is 1.78. The van der Waals surface area contributed by atoms with E-state index >= 15 is 0 Å². The average molecular weight is 138 g/mol. The largest absolute Gasteiger partial charge is 0.0622 e. The Morgan fingerprint density at radius 2 is 1.90 bits per heavy atom. The maximum Gasteiger partial charge on any atom is -0.0295 e. The molecular formula is C10H18. The first-order valence-electron chi connectivity index (χ1n) is 4.62. The molecule has 3 atom stereocenters. The van der Waals surface area contributed by atoms with Crippen LogP contribution in [0.2, 0.25) is 0 Å². The van der Waals surface area contributed by atoms with Gasteiger partial charge in [-0.2, -0.15) is 0 Å². The summed E-state index contributed by atoms with van der Waals surface area (Å²) in [6.45, 7) is 7.35. The molecule has 3 aliphatic carbocycles. The molecule has 0 nitrogen and oxygen atoms in total. The summed E-state index contributed by atoms with van der Waals surface area (Å²) >= 11 is 0. The molecule has 3 aliphatic rings. The summed E-state index contributed by atoms with van der Waals surface area (Å²) in [4.78, 5) is 0. The maximum atomic E-state index is 2.46. The summed E-state index contributed by atoms with van der Waals surface area (Å²) in [5.74, 6) is 3.15. The van der Waals surface area contributed by atoms with Crippen LogP contribution < -0.4 is 0 Å². The van der Waals surface area contributed by atoms with E-state index in [-0.39, 0.29) is 0 Å². The highest BCUT2D eigenvalue weighted by Gasteiger charge is 2.52. The lowest BCUT2D eigenvalue weighted by Gasteiger charge is -2.59. The summed E-state index contributed by atoms with van der Waals surface area (Å²) < 4.78 is 0. The molecule has 0 heterocycles. The molecule has 0 aliphatic heterocycles. The first-order valence-corrected chi connectivity index (χ1v) is 4.62. The van der Waals surface area contributed by atoms with Crippen LogP contribution in [0.25, 0.3) is 0 Å². The SMILES string of the molecule is CC1CC[C@H]2C[C@H]1C2(C)C. The van der Waals surface area contributed by atoms with Crippen molar-refractivity contribution in [3.63, 3.8) is 0 Å². The fourth-order valence-electron chi connectivity index (χ4n) is 3.18. The molecule has 0 N–H and O–H groups in total. The maximum absolute atomic E-state index is 2.46. The first kappa shape index (κ1) is 6.69. The van der Waals surface area contributed by atoms with E-state index in [0.717, 1.165) is 17.8 Å². The molecule has 3 saturated carbocycles. The third kappa shape index (κ3) is 0.627. The van der Waals surface area contributed by atoms with Gasteiger partial charge in [-0.25, -0.2) is 0 Å². The van der Waals surface area contributed by atoms with Gasteiger partial charge in [-0.15, -0.1) is 0 Å². The molecule has 1 unspecified atom stereocenters. The van der Waals surface area contributed by atoms with Gasteiger partial charge >= 0.3 is 0 Å². The zero-order chi connectivity index (χ0) is 7.35. The Hall–Kier alpha value is 0. The quantitative estimate of drug-likeness (QED) is 0.482. The summed E-state index contributed by atoms with van der Waals surface area (Å²) in [6.07, 6.45) is 4.54. The highest BCUT2D eigenvalue weighted by molar-refractivity contribution is 5.01. The lowest BCUT2D eigenvalue weighted by Crippen LogP contribution is -2.51. The Bertz CT molecular complexity index is 144. The summed E-state index contributed by atoms with van der Waals surface area (Å²) in [5.41, 5.74) is 0.706. The van der Waals surface area contributed by atoms with Crippen LogP contribution in [0.1, 0.15) is 40.0 Å². The van der Waals surface area contributed by atoms with Gasteiger partial charge in [-0.3, -0.25) is 0 Å². The third-order valence-electron chi connectivity index (χ3n) is 4.20. The molecule has 3 rings (SSSR count). The van der Waals surface area contributed by atoms with Crippen LogP contribution >= 0.6 is 0 Å². The summed E-state index contributed by atoms with van der Waals surface area (Å²) in [7, 11) is 0. The average Bonchev–Trinajstić information content (AvgIpc) is 1.87. The van der Waals surface area contributed by atoms with Gasteiger partial charge in [0.25, 0.3) is 0 Å². The molecule has 3 fully saturated rings. The van der Waals surface area contributed by atoms with Crippen molar-refractivity contribution in [1.29, 1.82) is 0 Å². The van der Waals surface area contributed by atoms with Crippen LogP contribution in [0, 0.1) is 23.2 Å². The predicted molar refractivity (Wildman–Crippen MR) is 43.8 cm³/mol. The van der Waals surface area contributed by atoms with Gasteiger partial charge in [-0.05, 0) is 36.0 Å². The Morgan fingerprint density at radius 1 is 1.20 bits per heavy atom. The van der Waals surface area contributed by atoms with Crippen molar-refractivity contribution in [2.24, 2.45) is 23.2 Å². The van der Waals surface area contributed by atoms with Gasteiger partial charge in [-0.1, -0.05) is 27.2 Å². The molecule has 2 bridgehead atoms. The molecule has 0 aromatic heterocycles. The summed E-state index contributed by atoms with van der Waals surface area (Å²) in [6, 6.07) is 0. The smallest absolute Gasteiger partial charge is 0.0295 e. The van der Waals surface area contributed by atoms with Crippen molar-refractivity contribution in [2.45, 2.75) is 40.0 Å². The zero-order valence-electron chi connectivity index (χ0n) is 7.35. The second-order valence-electron chi connectivity index (χ2n) is 4.92. The number of hydrogen-bond acceptors (Lipinski definition) is 0. The van der Waals surface area contributed by atoms with Gasteiger partial charge in [0.2, 0.25) is 0 Å². The van der Waals surface area contributed by atoms with E-state index in [4.69, 9.17) is 0 Å². The third-order valence-corrected chi connectivity index (χ3v) is 4.20. The topological polar surface area (TPSA) is 0 Å².